The van der Waals surface area contributed by atoms with Gasteiger partial charge in [0.15, 0.2) is 4.80 Å². The molecule has 0 fully saturated rings. The van der Waals surface area contributed by atoms with Crippen molar-refractivity contribution in [2.24, 2.45) is 12.0 Å². The van der Waals surface area contributed by atoms with E-state index in [-0.39, 0.29) is 5.91 Å². The number of carbonyl (C=O) groups excluding carboxylic acids is 1. The molecule has 0 atom stereocenters. The highest BCUT2D eigenvalue weighted by Gasteiger charge is 2.11. The number of carbonyl (C=O) groups is 1. The van der Waals surface area contributed by atoms with E-state index in [1.807, 2.05) is 53.5 Å². The third kappa shape index (κ3) is 2.61. The number of nitrogens with zero attached hydrogens (tertiary/aromatic N) is 3. The number of hydrogen-bond acceptors (Lipinski definition) is 4. The van der Waals surface area contributed by atoms with Crippen molar-refractivity contribution >= 4 is 28.6 Å². The van der Waals surface area contributed by atoms with Crippen LogP contribution in [0.5, 0.6) is 0 Å². The summed E-state index contributed by atoms with van der Waals surface area (Å²) in [4.78, 5) is 21.2. The zero-order chi connectivity index (χ0) is 13.9. The number of benzene rings is 1. The minimum absolute atomic E-state index is 0.304. The molecule has 2 aromatic heterocycles. The number of hydrogen-bond donors (Lipinski definition) is 0. The largest absolute Gasteiger partial charge is 0.327 e. The van der Waals surface area contributed by atoms with Gasteiger partial charge in [0.2, 0.25) is 0 Å². The molecular formula is C14H11N3OS2. The lowest BCUT2D eigenvalue weighted by molar-refractivity contribution is 0.0994. The van der Waals surface area contributed by atoms with E-state index in [1.54, 1.807) is 5.38 Å². The maximum Gasteiger partial charge on any atom is 0.299 e. The lowest BCUT2D eigenvalue weighted by Crippen LogP contribution is -2.12. The molecule has 3 aromatic rings. The summed E-state index contributed by atoms with van der Waals surface area (Å²) in [6.07, 6.45) is 1.87. The first-order valence-corrected chi connectivity index (χ1v) is 7.70. The molecule has 6 heteroatoms. The molecule has 0 N–H and O–H groups in total. The van der Waals surface area contributed by atoms with E-state index < -0.39 is 0 Å². The van der Waals surface area contributed by atoms with Crippen molar-refractivity contribution in [3.63, 3.8) is 0 Å². The van der Waals surface area contributed by atoms with Gasteiger partial charge in [-0.1, -0.05) is 30.3 Å². The third-order valence-corrected chi connectivity index (χ3v) is 4.44. The summed E-state index contributed by atoms with van der Waals surface area (Å²) >= 11 is 2.88. The van der Waals surface area contributed by atoms with E-state index in [0.29, 0.717) is 10.5 Å². The van der Waals surface area contributed by atoms with Gasteiger partial charge in [0, 0.05) is 29.6 Å². The standard InChI is InChI=1S/C14H11N3OS2/c1-17-7-8-19-14(17)16-12(18)11-9-20-13(15-11)10-5-3-2-4-6-10/h2-9H,1H3. The predicted molar refractivity (Wildman–Crippen MR) is 80.7 cm³/mol. The summed E-state index contributed by atoms with van der Waals surface area (Å²) in [6, 6.07) is 9.81. The average Bonchev–Trinajstić information content (AvgIpc) is 3.10. The number of amides is 1. The zero-order valence-electron chi connectivity index (χ0n) is 10.7. The molecule has 0 aliphatic heterocycles. The summed E-state index contributed by atoms with van der Waals surface area (Å²) in [5, 5.41) is 4.48. The minimum atomic E-state index is -0.304. The van der Waals surface area contributed by atoms with E-state index in [1.165, 1.54) is 22.7 Å². The van der Waals surface area contributed by atoms with Gasteiger partial charge in [-0.05, 0) is 0 Å². The van der Waals surface area contributed by atoms with Crippen LogP contribution in [0.25, 0.3) is 10.6 Å². The molecule has 100 valence electrons. The molecule has 0 saturated carbocycles. The second-order valence-corrected chi connectivity index (χ2v) is 5.85. The Bertz CT molecular complexity index is 799. The quantitative estimate of drug-likeness (QED) is 0.730. The van der Waals surface area contributed by atoms with Crippen LogP contribution in [0.15, 0.2) is 52.3 Å². The van der Waals surface area contributed by atoms with Gasteiger partial charge in [0.05, 0.1) is 0 Å². The fourth-order valence-corrected chi connectivity index (χ4v) is 3.19. The Morgan fingerprint density at radius 1 is 1.25 bits per heavy atom. The van der Waals surface area contributed by atoms with E-state index in [2.05, 4.69) is 9.98 Å². The van der Waals surface area contributed by atoms with Crippen molar-refractivity contribution in [1.82, 2.24) is 9.55 Å². The van der Waals surface area contributed by atoms with Crippen molar-refractivity contribution in [2.75, 3.05) is 0 Å². The SMILES string of the molecule is Cn1ccsc1=NC(=O)c1csc(-c2ccccc2)n1. The summed E-state index contributed by atoms with van der Waals surface area (Å²) < 4.78 is 1.81. The molecule has 0 saturated heterocycles. The lowest BCUT2D eigenvalue weighted by atomic mass is 10.2. The third-order valence-electron chi connectivity index (χ3n) is 2.70. The van der Waals surface area contributed by atoms with Crippen molar-refractivity contribution in [3.8, 4) is 10.6 Å². The fraction of sp³-hybridized carbons (Fsp3) is 0.0714. The Balaban J connectivity index is 1.92. The highest BCUT2D eigenvalue weighted by Crippen LogP contribution is 2.23. The van der Waals surface area contributed by atoms with E-state index in [4.69, 9.17) is 0 Å². The van der Waals surface area contributed by atoms with Gasteiger partial charge in [-0.25, -0.2) is 4.98 Å². The smallest absolute Gasteiger partial charge is 0.299 e. The van der Waals surface area contributed by atoms with Crippen molar-refractivity contribution in [2.45, 2.75) is 0 Å². The monoisotopic (exact) mass is 301 g/mol. The maximum absolute atomic E-state index is 12.1. The van der Waals surface area contributed by atoms with Gasteiger partial charge < -0.3 is 4.57 Å². The van der Waals surface area contributed by atoms with E-state index in [0.717, 1.165) is 10.6 Å². The van der Waals surface area contributed by atoms with E-state index in [9.17, 15) is 4.79 Å². The van der Waals surface area contributed by atoms with Crippen molar-refractivity contribution in [1.29, 1.82) is 0 Å². The van der Waals surface area contributed by atoms with Gasteiger partial charge in [0.1, 0.15) is 10.7 Å². The van der Waals surface area contributed by atoms with Crippen molar-refractivity contribution < 1.29 is 4.79 Å². The molecule has 0 radical (unpaired) electrons. The Labute approximate surface area is 123 Å². The molecule has 4 nitrogen and oxygen atoms in total. The lowest BCUT2D eigenvalue weighted by Gasteiger charge is -1.93. The molecule has 0 spiro atoms. The van der Waals surface area contributed by atoms with Gasteiger partial charge in [-0.2, -0.15) is 4.99 Å². The van der Waals surface area contributed by atoms with Gasteiger partial charge in [0.25, 0.3) is 5.91 Å². The summed E-state index contributed by atoms with van der Waals surface area (Å²) in [5.74, 6) is -0.304. The number of rotatable bonds is 2. The van der Waals surface area contributed by atoms with Gasteiger partial charge in [-0.3, -0.25) is 4.79 Å². The summed E-state index contributed by atoms with van der Waals surface area (Å²) in [7, 11) is 1.86. The summed E-state index contributed by atoms with van der Waals surface area (Å²) in [6.45, 7) is 0. The molecule has 2 heterocycles. The second kappa shape index (κ2) is 5.52. The number of aryl methyl sites for hydroxylation is 1. The van der Waals surface area contributed by atoms with Crippen LogP contribution in [-0.2, 0) is 7.05 Å². The normalized spacial score (nSPS) is 11.8. The molecule has 1 amide bonds. The van der Waals surface area contributed by atoms with Crippen LogP contribution in [0, 0.1) is 0 Å². The van der Waals surface area contributed by atoms with E-state index >= 15 is 0 Å². The Morgan fingerprint density at radius 2 is 2.05 bits per heavy atom. The van der Waals surface area contributed by atoms with Crippen molar-refractivity contribution in [3.05, 3.63) is 57.8 Å². The maximum atomic E-state index is 12.1. The zero-order valence-corrected chi connectivity index (χ0v) is 12.3. The van der Waals surface area contributed by atoms with Crippen LogP contribution in [-0.4, -0.2) is 15.5 Å². The van der Waals surface area contributed by atoms with Crippen LogP contribution in [0.3, 0.4) is 0 Å². The molecule has 20 heavy (non-hydrogen) atoms. The first-order valence-electron chi connectivity index (χ1n) is 5.94. The fourth-order valence-electron chi connectivity index (χ4n) is 1.66. The first kappa shape index (κ1) is 13.0. The summed E-state index contributed by atoms with van der Waals surface area (Å²) in [5.41, 5.74) is 1.40. The Hall–Kier alpha value is -2.05. The molecular weight excluding hydrogens is 290 g/mol. The molecule has 0 aliphatic carbocycles. The average molecular weight is 301 g/mol. The first-order chi connectivity index (χ1) is 9.74. The second-order valence-electron chi connectivity index (χ2n) is 4.12. The topological polar surface area (TPSA) is 47.2 Å². The van der Waals surface area contributed by atoms with Gasteiger partial charge in [-0.15, -0.1) is 22.7 Å². The molecule has 0 aliphatic rings. The number of aromatic nitrogens is 2. The predicted octanol–water partition coefficient (Wildman–Crippen LogP) is 2.95. The molecule has 0 bridgehead atoms. The van der Waals surface area contributed by atoms with Crippen LogP contribution in [0.1, 0.15) is 10.5 Å². The molecule has 3 rings (SSSR count). The minimum Gasteiger partial charge on any atom is -0.327 e. The Morgan fingerprint density at radius 3 is 2.75 bits per heavy atom. The van der Waals surface area contributed by atoms with Crippen LogP contribution in [0.2, 0.25) is 0 Å². The van der Waals surface area contributed by atoms with Gasteiger partial charge >= 0.3 is 0 Å². The highest BCUT2D eigenvalue weighted by atomic mass is 32.1. The van der Waals surface area contributed by atoms with Crippen LogP contribution in [0.4, 0.5) is 0 Å². The number of thiazole rings is 2. The van der Waals surface area contributed by atoms with Crippen LogP contribution < -0.4 is 4.80 Å². The Kier molecular flexibility index (Phi) is 3.58. The molecule has 1 aromatic carbocycles. The highest BCUT2D eigenvalue weighted by molar-refractivity contribution is 7.13. The van der Waals surface area contributed by atoms with Crippen LogP contribution >= 0.6 is 22.7 Å². The molecule has 0 unspecified atom stereocenters.